The molecule has 1 saturated carbocycles. The van der Waals surface area contributed by atoms with Crippen LogP contribution in [0, 0.1) is 6.92 Å². The first-order valence-electron chi connectivity index (χ1n) is 12.1. The zero-order valence-corrected chi connectivity index (χ0v) is 20.6. The van der Waals surface area contributed by atoms with Crippen molar-refractivity contribution in [2.24, 2.45) is 4.99 Å². The molecule has 0 aromatic heterocycles. The van der Waals surface area contributed by atoms with Gasteiger partial charge in [0.25, 0.3) is 5.91 Å². The fourth-order valence-corrected chi connectivity index (χ4v) is 5.46. The van der Waals surface area contributed by atoms with E-state index in [0.29, 0.717) is 40.1 Å². The third kappa shape index (κ3) is 5.67. The Kier molecular flexibility index (Phi) is 7.55. The third-order valence-corrected chi connectivity index (χ3v) is 7.36. The summed E-state index contributed by atoms with van der Waals surface area (Å²) in [7, 11) is 0. The van der Waals surface area contributed by atoms with Crippen molar-refractivity contribution in [1.82, 2.24) is 10.2 Å². The average Bonchev–Trinajstić information content (AvgIpc) is 3.30. The van der Waals surface area contributed by atoms with Crippen LogP contribution >= 0.6 is 11.6 Å². The molecule has 2 heterocycles. The summed E-state index contributed by atoms with van der Waals surface area (Å²) in [6.45, 7) is 8.15. The maximum absolute atomic E-state index is 13.0. The Morgan fingerprint density at radius 2 is 1.85 bits per heavy atom. The minimum atomic E-state index is -0.267. The normalized spacial score (nSPS) is 24.1. The number of hydrogen-bond donors (Lipinski definition) is 1. The second-order valence-corrected chi connectivity index (χ2v) is 10.00. The van der Waals surface area contributed by atoms with Crippen LogP contribution in [0.5, 0.6) is 5.75 Å². The minimum Gasteiger partial charge on any atom is -0.490 e. The van der Waals surface area contributed by atoms with Crippen LogP contribution in [-0.4, -0.2) is 54.1 Å². The second-order valence-electron chi connectivity index (χ2n) is 9.56. The number of nitrogens with zero attached hydrogens (tertiary/aromatic N) is 2. The molecule has 0 spiro atoms. The number of hydrogen-bond acceptors (Lipinski definition) is 5. The summed E-state index contributed by atoms with van der Waals surface area (Å²) in [5, 5.41) is 3.34. The smallest absolute Gasteiger partial charge is 0.252 e. The summed E-state index contributed by atoms with van der Waals surface area (Å²) in [5.74, 6) is 0.412. The van der Waals surface area contributed by atoms with Gasteiger partial charge >= 0.3 is 0 Å². The number of likely N-dealkylation sites (tertiary alicyclic amines) is 1. The highest BCUT2D eigenvalue weighted by Gasteiger charge is 2.29. The lowest BCUT2D eigenvalue weighted by Crippen LogP contribution is -2.38. The van der Waals surface area contributed by atoms with E-state index in [1.165, 1.54) is 25.9 Å². The van der Waals surface area contributed by atoms with Crippen LogP contribution in [0.4, 0.5) is 0 Å². The first-order chi connectivity index (χ1) is 15.8. The summed E-state index contributed by atoms with van der Waals surface area (Å²) in [6.07, 6.45) is 7.43. The molecule has 178 valence electrons. The summed E-state index contributed by atoms with van der Waals surface area (Å²) < 4.78 is 6.34. The Morgan fingerprint density at radius 3 is 2.52 bits per heavy atom. The Morgan fingerprint density at radius 1 is 1.15 bits per heavy atom. The summed E-state index contributed by atoms with van der Waals surface area (Å²) in [5.41, 5.74) is 3.27. The van der Waals surface area contributed by atoms with Crippen molar-refractivity contribution in [2.75, 3.05) is 19.6 Å². The number of Topliss-reactive ketones (excluding diaryl/α,β-unsaturated/α-hetero) is 1. The standard InChI is InChI=1S/C26H34ClN3O3/c1-16-12-24(31)23(18(3)29-16)15-28-26(32)22-13-19(27)14-25(17(22)2)33-21-8-6-20(7-9-21)30-10-4-5-11-30/h13-14,20-21H,4-12,15H2,1-3H3,(H,28,32). The maximum atomic E-state index is 13.0. The quantitative estimate of drug-likeness (QED) is 0.642. The van der Waals surface area contributed by atoms with E-state index in [1.807, 2.05) is 13.8 Å². The molecule has 1 aromatic carbocycles. The number of allylic oxidation sites excluding steroid dienone is 1. The van der Waals surface area contributed by atoms with Crippen molar-refractivity contribution in [2.45, 2.75) is 77.9 Å². The Labute approximate surface area is 201 Å². The lowest BCUT2D eigenvalue weighted by atomic mass is 9.92. The number of nitrogens with one attached hydrogen (secondary N) is 1. The average molecular weight is 472 g/mol. The molecule has 7 heteroatoms. The summed E-state index contributed by atoms with van der Waals surface area (Å²) >= 11 is 6.36. The number of aliphatic imine (C=N–C) groups is 1. The molecule has 2 aliphatic heterocycles. The molecule has 1 aliphatic carbocycles. The molecule has 33 heavy (non-hydrogen) atoms. The van der Waals surface area contributed by atoms with Crippen molar-refractivity contribution in [3.8, 4) is 5.75 Å². The predicted octanol–water partition coefficient (Wildman–Crippen LogP) is 4.87. The van der Waals surface area contributed by atoms with Gasteiger partial charge in [-0.15, -0.1) is 0 Å². The highest BCUT2D eigenvalue weighted by atomic mass is 35.5. The van der Waals surface area contributed by atoms with Gasteiger partial charge in [-0.25, -0.2) is 0 Å². The Bertz CT molecular complexity index is 987. The highest BCUT2D eigenvalue weighted by molar-refractivity contribution is 6.31. The fraction of sp³-hybridized carbons (Fsp3) is 0.577. The van der Waals surface area contributed by atoms with Crippen molar-refractivity contribution in [3.05, 3.63) is 39.6 Å². The second kappa shape index (κ2) is 10.4. The van der Waals surface area contributed by atoms with Crippen LogP contribution in [-0.2, 0) is 4.79 Å². The van der Waals surface area contributed by atoms with E-state index in [1.54, 1.807) is 19.1 Å². The molecule has 1 saturated heterocycles. The number of ether oxygens (including phenoxy) is 1. The lowest BCUT2D eigenvalue weighted by molar-refractivity contribution is -0.114. The zero-order chi connectivity index (χ0) is 23.5. The molecule has 6 nitrogen and oxygen atoms in total. The molecule has 0 bridgehead atoms. The first-order valence-corrected chi connectivity index (χ1v) is 12.5. The van der Waals surface area contributed by atoms with Gasteiger partial charge in [-0.05, 0) is 84.5 Å². The lowest BCUT2D eigenvalue weighted by Gasteiger charge is -2.34. The molecule has 3 aliphatic rings. The van der Waals surface area contributed by atoms with E-state index >= 15 is 0 Å². The van der Waals surface area contributed by atoms with Crippen LogP contribution in [0.1, 0.15) is 74.7 Å². The summed E-state index contributed by atoms with van der Waals surface area (Å²) in [4.78, 5) is 32.3. The van der Waals surface area contributed by atoms with Gasteiger partial charge in [0, 0.05) is 52.1 Å². The molecular formula is C26H34ClN3O3. The maximum Gasteiger partial charge on any atom is 0.252 e. The van der Waals surface area contributed by atoms with Gasteiger partial charge in [-0.2, -0.15) is 0 Å². The molecule has 0 radical (unpaired) electrons. The molecule has 2 fully saturated rings. The SMILES string of the molecule is CC1=NC(C)=C(CNC(=O)c2cc(Cl)cc(OC3CCC(N4CCCC4)CC3)c2C)C(=O)C1. The van der Waals surface area contributed by atoms with Gasteiger partial charge in [-0.1, -0.05) is 11.6 Å². The van der Waals surface area contributed by atoms with Crippen LogP contribution in [0.15, 0.2) is 28.4 Å². The van der Waals surface area contributed by atoms with Gasteiger partial charge in [0.2, 0.25) is 0 Å². The number of amides is 1. The molecule has 0 atom stereocenters. The van der Waals surface area contributed by atoms with Crippen LogP contribution in [0.25, 0.3) is 0 Å². The third-order valence-electron chi connectivity index (χ3n) is 7.14. The topological polar surface area (TPSA) is 71.0 Å². The molecule has 0 unspecified atom stereocenters. The number of benzene rings is 1. The van der Waals surface area contributed by atoms with Crippen molar-refractivity contribution >= 4 is 29.0 Å². The minimum absolute atomic E-state index is 0.0108. The van der Waals surface area contributed by atoms with Gasteiger partial charge in [0.15, 0.2) is 5.78 Å². The molecule has 1 amide bonds. The molecule has 1 aromatic rings. The van der Waals surface area contributed by atoms with E-state index in [-0.39, 0.29) is 24.3 Å². The number of rotatable bonds is 6. The number of carbonyl (C=O) groups is 2. The van der Waals surface area contributed by atoms with Gasteiger partial charge in [0.1, 0.15) is 5.75 Å². The van der Waals surface area contributed by atoms with E-state index in [4.69, 9.17) is 16.3 Å². The van der Waals surface area contributed by atoms with Gasteiger partial charge < -0.3 is 15.0 Å². The van der Waals surface area contributed by atoms with Crippen LogP contribution in [0.3, 0.4) is 0 Å². The van der Waals surface area contributed by atoms with Crippen molar-refractivity contribution in [1.29, 1.82) is 0 Å². The van der Waals surface area contributed by atoms with Crippen LogP contribution in [0.2, 0.25) is 5.02 Å². The van der Waals surface area contributed by atoms with Gasteiger partial charge in [-0.3, -0.25) is 14.6 Å². The van der Waals surface area contributed by atoms with Crippen LogP contribution < -0.4 is 10.1 Å². The fourth-order valence-electron chi connectivity index (χ4n) is 5.25. The predicted molar refractivity (Wildman–Crippen MR) is 131 cm³/mol. The zero-order valence-electron chi connectivity index (χ0n) is 19.9. The summed E-state index contributed by atoms with van der Waals surface area (Å²) in [6, 6.07) is 4.15. The Balaban J connectivity index is 1.40. The Hall–Kier alpha value is -2.18. The van der Waals surface area contributed by atoms with E-state index in [9.17, 15) is 9.59 Å². The van der Waals surface area contributed by atoms with Crippen molar-refractivity contribution < 1.29 is 14.3 Å². The highest BCUT2D eigenvalue weighted by Crippen LogP contribution is 2.32. The van der Waals surface area contributed by atoms with E-state index in [0.717, 1.165) is 37.0 Å². The number of carbonyl (C=O) groups excluding carboxylic acids is 2. The van der Waals surface area contributed by atoms with Gasteiger partial charge in [0.05, 0.1) is 6.10 Å². The molecule has 4 rings (SSSR count). The monoisotopic (exact) mass is 471 g/mol. The van der Waals surface area contributed by atoms with E-state index < -0.39 is 0 Å². The molecular weight excluding hydrogens is 438 g/mol. The van der Waals surface area contributed by atoms with E-state index in [2.05, 4.69) is 15.2 Å². The van der Waals surface area contributed by atoms with Crippen molar-refractivity contribution in [3.63, 3.8) is 0 Å². The number of ketones is 1. The number of halogens is 1. The molecule has 1 N–H and O–H groups in total. The largest absolute Gasteiger partial charge is 0.490 e. The first kappa shape index (κ1) is 24.0.